The number of hydrogen-bond donors (Lipinski definition) is 2. The number of nitrogens with one attached hydrogen (secondary N) is 2. The van der Waals surface area contributed by atoms with Gasteiger partial charge in [0.15, 0.2) is 0 Å². The van der Waals surface area contributed by atoms with Gasteiger partial charge in [0, 0.05) is 31.2 Å². The molecule has 1 unspecified atom stereocenters. The van der Waals surface area contributed by atoms with E-state index in [-0.39, 0.29) is 30.7 Å². The summed E-state index contributed by atoms with van der Waals surface area (Å²) in [6.07, 6.45) is 4.03. The highest BCUT2D eigenvalue weighted by Gasteiger charge is 2.21. The van der Waals surface area contributed by atoms with Gasteiger partial charge in [0.1, 0.15) is 6.10 Å². The molecule has 0 saturated carbocycles. The first kappa shape index (κ1) is 20.4. The SMILES string of the molecule is Cl.Cl.O=C(Nc1ccc(Cc2ccncc2)cc1)C1CNCCO1. The number of hydrogen-bond acceptors (Lipinski definition) is 4. The molecule has 1 aliphatic rings. The molecule has 24 heavy (non-hydrogen) atoms. The first-order chi connectivity index (χ1) is 10.8. The minimum absolute atomic E-state index is 0. The van der Waals surface area contributed by atoms with E-state index < -0.39 is 6.10 Å². The summed E-state index contributed by atoms with van der Waals surface area (Å²) < 4.78 is 5.43. The molecule has 1 aromatic carbocycles. The van der Waals surface area contributed by atoms with Gasteiger partial charge in [-0.2, -0.15) is 0 Å². The van der Waals surface area contributed by atoms with Crippen LogP contribution >= 0.6 is 24.8 Å². The fraction of sp³-hybridized carbons (Fsp3) is 0.294. The number of halogens is 2. The minimum Gasteiger partial charge on any atom is -0.366 e. The maximum atomic E-state index is 12.1. The van der Waals surface area contributed by atoms with Gasteiger partial charge in [-0.25, -0.2) is 0 Å². The van der Waals surface area contributed by atoms with Gasteiger partial charge in [-0.3, -0.25) is 9.78 Å². The van der Waals surface area contributed by atoms with Crippen molar-refractivity contribution in [3.8, 4) is 0 Å². The molecule has 2 heterocycles. The zero-order valence-electron chi connectivity index (χ0n) is 13.1. The topological polar surface area (TPSA) is 63.2 Å². The average molecular weight is 370 g/mol. The maximum Gasteiger partial charge on any atom is 0.254 e. The lowest BCUT2D eigenvalue weighted by molar-refractivity contribution is -0.128. The highest BCUT2D eigenvalue weighted by atomic mass is 35.5. The van der Waals surface area contributed by atoms with Crippen LogP contribution in [0.25, 0.3) is 0 Å². The monoisotopic (exact) mass is 369 g/mol. The van der Waals surface area contributed by atoms with Crippen molar-refractivity contribution in [2.24, 2.45) is 0 Å². The van der Waals surface area contributed by atoms with Crippen molar-refractivity contribution in [3.05, 3.63) is 59.9 Å². The van der Waals surface area contributed by atoms with Crippen LogP contribution in [0.5, 0.6) is 0 Å². The van der Waals surface area contributed by atoms with Gasteiger partial charge in [0.2, 0.25) is 0 Å². The van der Waals surface area contributed by atoms with E-state index in [1.165, 1.54) is 11.1 Å². The standard InChI is InChI=1S/C17H19N3O2.2ClH/c21-17(16-12-19-9-10-22-16)20-15-3-1-13(2-4-15)11-14-5-7-18-8-6-14;;/h1-8,16,19H,9-12H2,(H,20,21);2*1H. The summed E-state index contributed by atoms with van der Waals surface area (Å²) in [4.78, 5) is 16.1. The molecule has 2 aromatic rings. The smallest absolute Gasteiger partial charge is 0.254 e. The Morgan fingerprint density at radius 2 is 1.79 bits per heavy atom. The second-order valence-electron chi connectivity index (χ2n) is 5.28. The summed E-state index contributed by atoms with van der Waals surface area (Å²) in [5, 5.41) is 6.04. The van der Waals surface area contributed by atoms with Crippen LogP contribution in [0.3, 0.4) is 0 Å². The van der Waals surface area contributed by atoms with Gasteiger partial charge in [-0.1, -0.05) is 12.1 Å². The lowest BCUT2D eigenvalue weighted by Gasteiger charge is -2.22. The Labute approximate surface area is 154 Å². The number of carbonyl (C=O) groups excluding carboxylic acids is 1. The fourth-order valence-corrected chi connectivity index (χ4v) is 2.40. The first-order valence-corrected chi connectivity index (χ1v) is 7.42. The van der Waals surface area contributed by atoms with Crippen LogP contribution in [0.1, 0.15) is 11.1 Å². The predicted molar refractivity (Wildman–Crippen MR) is 99.2 cm³/mol. The molecular formula is C17H21Cl2N3O2. The third-order valence-electron chi connectivity index (χ3n) is 3.60. The van der Waals surface area contributed by atoms with Crippen molar-refractivity contribution in [1.82, 2.24) is 10.3 Å². The Hall–Kier alpha value is -1.66. The number of amides is 1. The van der Waals surface area contributed by atoms with E-state index in [1.54, 1.807) is 12.4 Å². The van der Waals surface area contributed by atoms with Crippen LogP contribution in [0.2, 0.25) is 0 Å². The predicted octanol–water partition coefficient (Wildman–Crippen LogP) is 2.44. The molecule has 1 fully saturated rings. The summed E-state index contributed by atoms with van der Waals surface area (Å²) in [6.45, 7) is 1.93. The number of nitrogens with zero attached hydrogens (tertiary/aromatic N) is 1. The van der Waals surface area contributed by atoms with Crippen LogP contribution in [-0.4, -0.2) is 36.7 Å². The zero-order chi connectivity index (χ0) is 15.2. The molecule has 0 bridgehead atoms. The lowest BCUT2D eigenvalue weighted by atomic mass is 10.1. The van der Waals surface area contributed by atoms with E-state index in [4.69, 9.17) is 4.74 Å². The van der Waals surface area contributed by atoms with Crippen molar-refractivity contribution >= 4 is 36.4 Å². The number of aromatic nitrogens is 1. The number of benzene rings is 1. The van der Waals surface area contributed by atoms with Gasteiger partial charge < -0.3 is 15.4 Å². The largest absolute Gasteiger partial charge is 0.366 e. The van der Waals surface area contributed by atoms with Crippen LogP contribution in [-0.2, 0) is 16.0 Å². The number of morpholine rings is 1. The fourth-order valence-electron chi connectivity index (χ4n) is 2.40. The Morgan fingerprint density at radius 3 is 2.42 bits per heavy atom. The summed E-state index contributed by atoms with van der Waals surface area (Å²) in [7, 11) is 0. The second kappa shape index (κ2) is 10.3. The summed E-state index contributed by atoms with van der Waals surface area (Å²) in [5.41, 5.74) is 3.20. The number of pyridine rings is 1. The van der Waals surface area contributed by atoms with Gasteiger partial charge in [-0.05, 0) is 41.8 Å². The molecule has 0 radical (unpaired) electrons. The van der Waals surface area contributed by atoms with Crippen molar-refractivity contribution in [1.29, 1.82) is 0 Å². The summed E-state index contributed by atoms with van der Waals surface area (Å²) in [5.74, 6) is -0.103. The molecule has 1 aromatic heterocycles. The molecule has 3 rings (SSSR count). The number of rotatable bonds is 4. The number of anilines is 1. The van der Waals surface area contributed by atoms with Crippen LogP contribution in [0, 0.1) is 0 Å². The third kappa shape index (κ3) is 5.76. The highest BCUT2D eigenvalue weighted by molar-refractivity contribution is 5.94. The molecule has 1 saturated heterocycles. The Kier molecular flexibility index (Phi) is 8.71. The van der Waals surface area contributed by atoms with Crippen LogP contribution in [0.15, 0.2) is 48.8 Å². The van der Waals surface area contributed by atoms with E-state index >= 15 is 0 Å². The molecule has 130 valence electrons. The Bertz CT molecular complexity index is 617. The van der Waals surface area contributed by atoms with Crippen LogP contribution < -0.4 is 10.6 Å². The van der Waals surface area contributed by atoms with Crippen molar-refractivity contribution in [2.75, 3.05) is 25.0 Å². The van der Waals surface area contributed by atoms with Crippen molar-refractivity contribution in [3.63, 3.8) is 0 Å². The van der Waals surface area contributed by atoms with E-state index in [0.717, 1.165) is 18.7 Å². The number of ether oxygens (including phenoxy) is 1. The molecule has 0 aliphatic carbocycles. The normalized spacial score (nSPS) is 16.4. The van der Waals surface area contributed by atoms with Gasteiger partial charge in [0.25, 0.3) is 5.91 Å². The Morgan fingerprint density at radius 1 is 1.12 bits per heavy atom. The quantitative estimate of drug-likeness (QED) is 0.868. The van der Waals surface area contributed by atoms with Crippen LogP contribution in [0.4, 0.5) is 5.69 Å². The molecule has 5 nitrogen and oxygen atoms in total. The first-order valence-electron chi connectivity index (χ1n) is 7.42. The van der Waals surface area contributed by atoms with E-state index in [0.29, 0.717) is 13.2 Å². The molecule has 1 aliphatic heterocycles. The lowest BCUT2D eigenvalue weighted by Crippen LogP contribution is -2.45. The highest BCUT2D eigenvalue weighted by Crippen LogP contribution is 2.14. The van der Waals surface area contributed by atoms with Gasteiger partial charge in [0.05, 0.1) is 6.61 Å². The summed E-state index contributed by atoms with van der Waals surface area (Å²) >= 11 is 0. The zero-order valence-corrected chi connectivity index (χ0v) is 14.7. The third-order valence-corrected chi connectivity index (χ3v) is 3.60. The van der Waals surface area contributed by atoms with Crippen molar-refractivity contribution < 1.29 is 9.53 Å². The maximum absolute atomic E-state index is 12.1. The molecule has 0 spiro atoms. The van der Waals surface area contributed by atoms with Gasteiger partial charge >= 0.3 is 0 Å². The van der Waals surface area contributed by atoms with E-state index in [1.807, 2.05) is 36.4 Å². The molecule has 1 amide bonds. The second-order valence-corrected chi connectivity index (χ2v) is 5.28. The molecule has 7 heteroatoms. The molecule has 2 N–H and O–H groups in total. The summed E-state index contributed by atoms with van der Waals surface area (Å²) in [6, 6.07) is 11.9. The van der Waals surface area contributed by atoms with Gasteiger partial charge in [-0.15, -0.1) is 24.8 Å². The van der Waals surface area contributed by atoms with E-state index in [2.05, 4.69) is 15.6 Å². The molecule has 1 atom stereocenters. The number of carbonyl (C=O) groups is 1. The Balaban J connectivity index is 0.00000144. The minimum atomic E-state index is -0.412. The van der Waals surface area contributed by atoms with E-state index in [9.17, 15) is 4.79 Å². The van der Waals surface area contributed by atoms with Crippen molar-refractivity contribution in [2.45, 2.75) is 12.5 Å². The molecular weight excluding hydrogens is 349 g/mol. The average Bonchev–Trinajstić information content (AvgIpc) is 2.58.